The third-order valence-electron chi connectivity index (χ3n) is 5.66. The number of anilines is 1. The minimum absolute atomic E-state index is 0.0889. The van der Waals surface area contributed by atoms with E-state index in [0.717, 1.165) is 56.0 Å². The maximum atomic E-state index is 13.1. The molecule has 0 radical (unpaired) electrons. The summed E-state index contributed by atoms with van der Waals surface area (Å²) in [6, 6.07) is 10.3. The number of carbonyl (C=O) groups is 1. The predicted molar refractivity (Wildman–Crippen MR) is 98.8 cm³/mol. The third-order valence-corrected chi connectivity index (χ3v) is 5.66. The van der Waals surface area contributed by atoms with Gasteiger partial charge in [0.15, 0.2) is 0 Å². The fraction of sp³-hybridized carbons (Fsp3) is 0.500. The molecular formula is C20H26N4O. The summed E-state index contributed by atoms with van der Waals surface area (Å²) in [5.41, 5.74) is 4.61. The molecule has 1 aromatic carbocycles. The number of amides is 1. The number of benzene rings is 1. The second-order valence-corrected chi connectivity index (χ2v) is 7.35. The van der Waals surface area contributed by atoms with Crippen LogP contribution in [0.1, 0.15) is 42.6 Å². The van der Waals surface area contributed by atoms with Crippen molar-refractivity contribution in [1.82, 2.24) is 15.1 Å². The third kappa shape index (κ3) is 3.09. The molecule has 0 unspecified atom stereocenters. The van der Waals surface area contributed by atoms with Crippen LogP contribution in [0.15, 0.2) is 30.3 Å². The molecule has 0 aliphatic carbocycles. The molecule has 2 aliphatic rings. The van der Waals surface area contributed by atoms with Crippen LogP contribution in [0.3, 0.4) is 0 Å². The standard InChI is InChI=1S/C20H26N4O/c1-14-12-18(22-21-14)17-7-5-10-23(13-17)15(2)20(25)24-11-9-16-6-3-4-8-19(16)24/h3-4,6,8,12,15,17H,5,7,9-11,13H2,1-2H3,(H,21,22)/t15-,17-/m1/s1. The zero-order valence-electron chi connectivity index (χ0n) is 15.0. The Bertz CT molecular complexity index is 769. The molecule has 5 nitrogen and oxygen atoms in total. The highest BCUT2D eigenvalue weighted by Crippen LogP contribution is 2.31. The highest BCUT2D eigenvalue weighted by atomic mass is 16.2. The second kappa shape index (κ2) is 6.64. The van der Waals surface area contributed by atoms with Gasteiger partial charge in [-0.15, -0.1) is 0 Å². The monoisotopic (exact) mass is 338 g/mol. The largest absolute Gasteiger partial charge is 0.310 e. The Morgan fingerprint density at radius 1 is 1.32 bits per heavy atom. The maximum Gasteiger partial charge on any atom is 0.244 e. The molecule has 1 fully saturated rings. The number of nitrogens with zero attached hydrogens (tertiary/aromatic N) is 3. The quantitative estimate of drug-likeness (QED) is 0.936. The molecule has 2 aromatic rings. The van der Waals surface area contributed by atoms with Crippen molar-refractivity contribution in [3.8, 4) is 0 Å². The van der Waals surface area contributed by atoms with Crippen molar-refractivity contribution in [2.45, 2.75) is 45.1 Å². The van der Waals surface area contributed by atoms with E-state index in [2.05, 4.69) is 46.3 Å². The first-order valence-electron chi connectivity index (χ1n) is 9.28. The van der Waals surface area contributed by atoms with Gasteiger partial charge in [-0.1, -0.05) is 18.2 Å². The summed E-state index contributed by atoms with van der Waals surface area (Å²) < 4.78 is 0. The maximum absolute atomic E-state index is 13.1. The number of likely N-dealkylation sites (tertiary alicyclic amines) is 1. The Balaban J connectivity index is 1.47. The van der Waals surface area contributed by atoms with Gasteiger partial charge in [0.2, 0.25) is 5.91 Å². The molecule has 1 amide bonds. The normalized spacial score (nSPS) is 22.0. The molecule has 132 valence electrons. The molecule has 2 aliphatic heterocycles. The minimum atomic E-state index is -0.0889. The van der Waals surface area contributed by atoms with Crippen LogP contribution in [0.4, 0.5) is 5.69 Å². The Hall–Kier alpha value is -2.14. The lowest BCUT2D eigenvalue weighted by Crippen LogP contribution is -2.49. The summed E-state index contributed by atoms with van der Waals surface area (Å²) >= 11 is 0. The van der Waals surface area contributed by atoms with Crippen molar-refractivity contribution < 1.29 is 4.79 Å². The van der Waals surface area contributed by atoms with Crippen molar-refractivity contribution in [2.24, 2.45) is 0 Å². The zero-order valence-corrected chi connectivity index (χ0v) is 15.0. The molecule has 5 heteroatoms. The van der Waals surface area contributed by atoms with Gasteiger partial charge >= 0.3 is 0 Å². The molecular weight excluding hydrogens is 312 g/mol. The molecule has 1 saturated heterocycles. The number of rotatable bonds is 3. The molecule has 0 spiro atoms. The van der Waals surface area contributed by atoms with Gasteiger partial charge in [0.05, 0.1) is 11.7 Å². The first kappa shape index (κ1) is 16.3. The number of nitrogens with one attached hydrogen (secondary N) is 1. The molecule has 0 saturated carbocycles. The number of hydrogen-bond donors (Lipinski definition) is 1. The van der Waals surface area contributed by atoms with Gasteiger partial charge in [-0.05, 0) is 57.4 Å². The van der Waals surface area contributed by atoms with E-state index in [4.69, 9.17) is 0 Å². The molecule has 3 heterocycles. The number of H-pyrrole nitrogens is 1. The fourth-order valence-corrected chi connectivity index (χ4v) is 4.20. The van der Waals surface area contributed by atoms with E-state index in [1.165, 1.54) is 5.56 Å². The molecule has 0 bridgehead atoms. The molecule has 1 aromatic heterocycles. The first-order valence-corrected chi connectivity index (χ1v) is 9.28. The van der Waals surface area contributed by atoms with Gasteiger partial charge in [0.25, 0.3) is 0 Å². The summed E-state index contributed by atoms with van der Waals surface area (Å²) in [5.74, 6) is 0.642. The van der Waals surface area contributed by atoms with Crippen molar-refractivity contribution in [3.63, 3.8) is 0 Å². The Morgan fingerprint density at radius 2 is 2.16 bits per heavy atom. The summed E-state index contributed by atoms with van der Waals surface area (Å²) in [5, 5.41) is 7.48. The molecule has 1 N–H and O–H groups in total. The van der Waals surface area contributed by atoms with E-state index in [-0.39, 0.29) is 11.9 Å². The average molecular weight is 338 g/mol. The second-order valence-electron chi connectivity index (χ2n) is 7.35. The van der Waals surface area contributed by atoms with Crippen LogP contribution in [0.2, 0.25) is 0 Å². The van der Waals surface area contributed by atoms with Crippen LogP contribution >= 0.6 is 0 Å². The van der Waals surface area contributed by atoms with E-state index in [1.807, 2.05) is 17.9 Å². The Labute approximate surface area is 149 Å². The highest BCUT2D eigenvalue weighted by Gasteiger charge is 2.33. The zero-order chi connectivity index (χ0) is 17.4. The summed E-state index contributed by atoms with van der Waals surface area (Å²) in [6.07, 6.45) is 3.23. The number of aromatic amines is 1. The summed E-state index contributed by atoms with van der Waals surface area (Å²) in [6.45, 7) is 6.79. The van der Waals surface area contributed by atoms with Crippen molar-refractivity contribution in [3.05, 3.63) is 47.3 Å². The number of carbonyl (C=O) groups excluding carboxylic acids is 1. The van der Waals surface area contributed by atoms with Gasteiger partial charge in [-0.2, -0.15) is 5.10 Å². The van der Waals surface area contributed by atoms with Crippen LogP contribution < -0.4 is 4.90 Å². The van der Waals surface area contributed by atoms with Crippen LogP contribution in [-0.2, 0) is 11.2 Å². The lowest BCUT2D eigenvalue weighted by Gasteiger charge is -2.37. The molecule has 4 rings (SSSR count). The summed E-state index contributed by atoms with van der Waals surface area (Å²) in [7, 11) is 0. The Morgan fingerprint density at radius 3 is 2.96 bits per heavy atom. The van der Waals surface area contributed by atoms with Crippen molar-refractivity contribution in [1.29, 1.82) is 0 Å². The molecule has 2 atom stereocenters. The van der Waals surface area contributed by atoms with Gasteiger partial charge < -0.3 is 4.90 Å². The van der Waals surface area contributed by atoms with E-state index in [9.17, 15) is 4.79 Å². The first-order chi connectivity index (χ1) is 12.1. The number of hydrogen-bond acceptors (Lipinski definition) is 3. The average Bonchev–Trinajstić information content (AvgIpc) is 3.27. The van der Waals surface area contributed by atoms with Crippen molar-refractivity contribution >= 4 is 11.6 Å². The summed E-state index contributed by atoms with van der Waals surface area (Å²) in [4.78, 5) is 17.4. The predicted octanol–water partition coefficient (Wildman–Crippen LogP) is 2.88. The smallest absolute Gasteiger partial charge is 0.244 e. The van der Waals surface area contributed by atoms with Gasteiger partial charge in [0, 0.05) is 30.4 Å². The van der Waals surface area contributed by atoms with Gasteiger partial charge in [-0.3, -0.25) is 14.8 Å². The number of aromatic nitrogens is 2. The van der Waals surface area contributed by atoms with Crippen molar-refractivity contribution in [2.75, 3.05) is 24.5 Å². The number of aryl methyl sites for hydroxylation is 1. The topological polar surface area (TPSA) is 52.2 Å². The lowest BCUT2D eigenvalue weighted by atomic mass is 9.93. The SMILES string of the molecule is Cc1cc([C@@H]2CCCN([C@H](C)C(=O)N3CCc4ccccc43)C2)n[nH]1. The van der Waals surface area contributed by atoms with Gasteiger partial charge in [-0.25, -0.2) is 0 Å². The Kier molecular flexibility index (Phi) is 4.34. The van der Waals surface area contributed by atoms with E-state index < -0.39 is 0 Å². The highest BCUT2D eigenvalue weighted by molar-refractivity contribution is 5.98. The lowest BCUT2D eigenvalue weighted by molar-refractivity contribution is -0.123. The number of para-hydroxylation sites is 1. The molecule has 25 heavy (non-hydrogen) atoms. The number of piperidine rings is 1. The van der Waals surface area contributed by atoms with E-state index in [0.29, 0.717) is 5.92 Å². The van der Waals surface area contributed by atoms with E-state index >= 15 is 0 Å². The minimum Gasteiger partial charge on any atom is -0.310 e. The van der Waals surface area contributed by atoms with Gasteiger partial charge in [0.1, 0.15) is 0 Å². The van der Waals surface area contributed by atoms with Crippen LogP contribution in [-0.4, -0.2) is 46.7 Å². The van der Waals surface area contributed by atoms with Crippen LogP contribution in [0.5, 0.6) is 0 Å². The van der Waals surface area contributed by atoms with E-state index in [1.54, 1.807) is 0 Å². The fourth-order valence-electron chi connectivity index (χ4n) is 4.20. The van der Waals surface area contributed by atoms with Crippen LogP contribution in [0, 0.1) is 6.92 Å². The number of fused-ring (bicyclic) bond motifs is 1. The van der Waals surface area contributed by atoms with Crippen LogP contribution in [0.25, 0.3) is 0 Å².